The minimum atomic E-state index is 0.468. The van der Waals surface area contributed by atoms with Crippen molar-refractivity contribution in [3.8, 4) is 34.1 Å². The minimum Gasteiger partial charge on any atom is -0.493 e. The largest absolute Gasteiger partial charge is 0.493 e. The maximum Gasteiger partial charge on any atom is 0.204 e. The van der Waals surface area contributed by atoms with Crippen molar-refractivity contribution in [2.75, 3.05) is 13.7 Å². The second-order valence-corrected chi connectivity index (χ2v) is 6.72. The number of aldehydes is 1. The normalized spacial score (nSPS) is 10.4. The Kier molecular flexibility index (Phi) is 7.28. The summed E-state index contributed by atoms with van der Waals surface area (Å²) in [4.78, 5) is 11.3. The van der Waals surface area contributed by atoms with Gasteiger partial charge in [0.25, 0.3) is 0 Å². The summed E-state index contributed by atoms with van der Waals surface area (Å²) in [5, 5.41) is 0. The number of methoxy groups -OCH3 is 1. The SMILES string of the molecule is CCCCCOc1c(OC)cc(C=O)cc1Oc1ccc(-c2ccccc2)cc1. The van der Waals surface area contributed by atoms with Crippen molar-refractivity contribution in [1.29, 1.82) is 0 Å². The lowest BCUT2D eigenvalue weighted by atomic mass is 10.1. The lowest BCUT2D eigenvalue weighted by molar-refractivity contribution is 0.112. The Bertz CT molecular complexity index is 918. The zero-order valence-electron chi connectivity index (χ0n) is 16.9. The summed E-state index contributed by atoms with van der Waals surface area (Å²) in [6, 6.07) is 21.3. The van der Waals surface area contributed by atoms with Crippen molar-refractivity contribution in [2.45, 2.75) is 26.2 Å². The second kappa shape index (κ2) is 10.3. The monoisotopic (exact) mass is 390 g/mol. The summed E-state index contributed by atoms with van der Waals surface area (Å²) in [6.45, 7) is 2.71. The van der Waals surface area contributed by atoms with Crippen molar-refractivity contribution < 1.29 is 19.0 Å². The van der Waals surface area contributed by atoms with Gasteiger partial charge in [0.15, 0.2) is 11.5 Å². The van der Waals surface area contributed by atoms with E-state index in [9.17, 15) is 4.79 Å². The molecule has 0 N–H and O–H groups in total. The molecule has 0 heterocycles. The highest BCUT2D eigenvalue weighted by Crippen LogP contribution is 2.41. The van der Waals surface area contributed by atoms with E-state index in [4.69, 9.17) is 14.2 Å². The van der Waals surface area contributed by atoms with Crippen LogP contribution >= 0.6 is 0 Å². The Morgan fingerprint density at radius 3 is 2.21 bits per heavy atom. The zero-order valence-corrected chi connectivity index (χ0v) is 16.9. The second-order valence-electron chi connectivity index (χ2n) is 6.72. The van der Waals surface area contributed by atoms with Crippen molar-refractivity contribution >= 4 is 6.29 Å². The van der Waals surface area contributed by atoms with E-state index in [1.54, 1.807) is 19.2 Å². The molecule has 0 aliphatic rings. The first-order valence-corrected chi connectivity index (χ1v) is 9.88. The predicted molar refractivity (Wildman–Crippen MR) is 115 cm³/mol. The highest BCUT2D eigenvalue weighted by atomic mass is 16.5. The summed E-state index contributed by atoms with van der Waals surface area (Å²) in [7, 11) is 1.56. The number of hydrogen-bond acceptors (Lipinski definition) is 4. The van der Waals surface area contributed by atoms with E-state index in [2.05, 4.69) is 19.1 Å². The van der Waals surface area contributed by atoms with Gasteiger partial charge in [-0.05, 0) is 41.8 Å². The van der Waals surface area contributed by atoms with Gasteiger partial charge in [-0.15, -0.1) is 0 Å². The molecule has 0 atom stereocenters. The van der Waals surface area contributed by atoms with Gasteiger partial charge in [-0.2, -0.15) is 0 Å². The summed E-state index contributed by atoms with van der Waals surface area (Å²) < 4.78 is 17.5. The van der Waals surface area contributed by atoms with Crippen LogP contribution in [0.5, 0.6) is 23.0 Å². The lowest BCUT2D eigenvalue weighted by Crippen LogP contribution is -2.02. The van der Waals surface area contributed by atoms with Gasteiger partial charge in [0.2, 0.25) is 5.75 Å². The van der Waals surface area contributed by atoms with Crippen LogP contribution in [0.25, 0.3) is 11.1 Å². The van der Waals surface area contributed by atoms with Crippen molar-refractivity contribution in [1.82, 2.24) is 0 Å². The molecule has 0 amide bonds. The molecule has 4 nitrogen and oxygen atoms in total. The van der Waals surface area contributed by atoms with Crippen molar-refractivity contribution in [3.63, 3.8) is 0 Å². The summed E-state index contributed by atoms with van der Waals surface area (Å²) in [5.41, 5.74) is 2.72. The van der Waals surface area contributed by atoms with Gasteiger partial charge in [0.05, 0.1) is 13.7 Å². The van der Waals surface area contributed by atoms with E-state index in [1.165, 1.54) is 0 Å². The molecule has 0 radical (unpaired) electrons. The number of carbonyl (C=O) groups is 1. The molecule has 0 bridgehead atoms. The molecule has 0 fully saturated rings. The van der Waals surface area contributed by atoms with E-state index in [1.807, 2.05) is 42.5 Å². The van der Waals surface area contributed by atoms with E-state index >= 15 is 0 Å². The topological polar surface area (TPSA) is 44.8 Å². The van der Waals surface area contributed by atoms with Crippen LogP contribution < -0.4 is 14.2 Å². The molecule has 150 valence electrons. The number of rotatable bonds is 10. The Morgan fingerprint density at radius 1 is 0.862 bits per heavy atom. The molecule has 0 saturated carbocycles. The smallest absolute Gasteiger partial charge is 0.204 e. The van der Waals surface area contributed by atoms with Gasteiger partial charge in [0.1, 0.15) is 12.0 Å². The van der Waals surface area contributed by atoms with Gasteiger partial charge < -0.3 is 14.2 Å². The van der Waals surface area contributed by atoms with Crippen LogP contribution in [0.2, 0.25) is 0 Å². The Balaban J connectivity index is 1.85. The average molecular weight is 390 g/mol. The lowest BCUT2D eigenvalue weighted by Gasteiger charge is -2.16. The van der Waals surface area contributed by atoms with E-state index in [-0.39, 0.29) is 0 Å². The molecule has 0 saturated heterocycles. The molecule has 0 aliphatic carbocycles. The highest BCUT2D eigenvalue weighted by Gasteiger charge is 2.16. The summed E-state index contributed by atoms with van der Waals surface area (Å²) in [5.74, 6) is 2.13. The fourth-order valence-corrected chi connectivity index (χ4v) is 3.03. The molecule has 0 unspecified atom stereocenters. The number of hydrogen-bond donors (Lipinski definition) is 0. The molecule has 0 aromatic heterocycles. The average Bonchev–Trinajstić information content (AvgIpc) is 2.78. The molecular formula is C25H26O4. The number of carbonyl (C=O) groups excluding carboxylic acids is 1. The van der Waals surface area contributed by atoms with Gasteiger partial charge in [0, 0.05) is 5.56 Å². The third kappa shape index (κ3) is 5.38. The maximum absolute atomic E-state index is 11.3. The number of unbranched alkanes of at least 4 members (excludes halogenated alkanes) is 2. The van der Waals surface area contributed by atoms with Crippen molar-refractivity contribution in [3.05, 3.63) is 72.3 Å². The van der Waals surface area contributed by atoms with Gasteiger partial charge in [-0.1, -0.05) is 62.2 Å². The van der Waals surface area contributed by atoms with Crippen molar-refractivity contribution in [2.24, 2.45) is 0 Å². The van der Waals surface area contributed by atoms with E-state index in [0.29, 0.717) is 35.2 Å². The summed E-state index contributed by atoms with van der Waals surface area (Å²) in [6.07, 6.45) is 3.92. The molecule has 0 spiro atoms. The Hall–Kier alpha value is -3.27. The fraction of sp³-hybridized carbons (Fsp3) is 0.240. The number of benzene rings is 3. The van der Waals surface area contributed by atoms with Crippen LogP contribution in [-0.4, -0.2) is 20.0 Å². The highest BCUT2D eigenvalue weighted by molar-refractivity contribution is 5.78. The quantitative estimate of drug-likeness (QED) is 0.291. The van der Waals surface area contributed by atoms with Crippen LogP contribution in [0.4, 0.5) is 0 Å². The molecule has 3 aromatic rings. The van der Waals surface area contributed by atoms with E-state index in [0.717, 1.165) is 36.7 Å². The fourth-order valence-electron chi connectivity index (χ4n) is 3.03. The van der Waals surface area contributed by atoms with Gasteiger partial charge in [-0.3, -0.25) is 4.79 Å². The molecule has 0 aliphatic heterocycles. The molecule has 4 heteroatoms. The standard InChI is InChI=1S/C25H26O4/c1-3-4-8-15-28-25-23(27-2)16-19(18-26)17-24(25)29-22-13-11-21(12-14-22)20-9-6-5-7-10-20/h5-7,9-14,16-18H,3-4,8,15H2,1-2H3. The maximum atomic E-state index is 11.3. The van der Waals surface area contributed by atoms with Crippen LogP contribution in [-0.2, 0) is 0 Å². The molecule has 3 rings (SSSR count). The first-order valence-electron chi connectivity index (χ1n) is 9.88. The van der Waals surface area contributed by atoms with Crippen LogP contribution in [0, 0.1) is 0 Å². The van der Waals surface area contributed by atoms with Crippen LogP contribution in [0.15, 0.2) is 66.7 Å². The molecule has 3 aromatic carbocycles. The Labute approximate surface area is 172 Å². The third-order valence-electron chi connectivity index (χ3n) is 4.58. The zero-order chi connectivity index (χ0) is 20.5. The van der Waals surface area contributed by atoms with E-state index < -0.39 is 0 Å². The molecular weight excluding hydrogens is 364 g/mol. The predicted octanol–water partition coefficient (Wildman–Crippen LogP) is 6.54. The first-order chi connectivity index (χ1) is 14.2. The van der Waals surface area contributed by atoms with Crippen LogP contribution in [0.3, 0.4) is 0 Å². The minimum absolute atomic E-state index is 0.468. The number of ether oxygens (including phenoxy) is 3. The first kappa shape index (κ1) is 20.5. The van der Waals surface area contributed by atoms with Crippen LogP contribution in [0.1, 0.15) is 36.5 Å². The third-order valence-corrected chi connectivity index (χ3v) is 4.58. The Morgan fingerprint density at radius 2 is 1.55 bits per heavy atom. The van der Waals surface area contributed by atoms with Gasteiger partial charge >= 0.3 is 0 Å². The summed E-state index contributed by atoms with van der Waals surface area (Å²) >= 11 is 0. The van der Waals surface area contributed by atoms with Gasteiger partial charge in [-0.25, -0.2) is 0 Å². The molecule has 29 heavy (non-hydrogen) atoms.